The molecule has 3 aromatic rings. The number of furan rings is 1. The maximum absolute atomic E-state index is 12.0. The number of hydrogen-bond acceptors (Lipinski definition) is 4. The second-order valence-corrected chi connectivity index (χ2v) is 6.03. The molecule has 1 aromatic carbocycles. The Labute approximate surface area is 133 Å². The molecule has 0 aliphatic heterocycles. The highest BCUT2D eigenvalue weighted by atomic mass is 16.5. The molecular weight excluding hydrogens is 292 g/mol. The lowest BCUT2D eigenvalue weighted by atomic mass is 10.1. The zero-order valence-electron chi connectivity index (χ0n) is 12.7. The van der Waals surface area contributed by atoms with E-state index in [1.807, 2.05) is 36.4 Å². The zero-order chi connectivity index (χ0) is 15.6. The fraction of sp³-hybridized carbons (Fsp3) is 0.333. The predicted octanol–water partition coefficient (Wildman–Crippen LogP) is 3.89. The van der Waals surface area contributed by atoms with Crippen molar-refractivity contribution in [3.63, 3.8) is 0 Å². The molecule has 1 fully saturated rings. The number of rotatable bonds is 4. The Morgan fingerprint density at radius 1 is 1.17 bits per heavy atom. The molecule has 0 radical (unpaired) electrons. The Balaban J connectivity index is 1.45. The molecule has 0 unspecified atom stereocenters. The lowest BCUT2D eigenvalue weighted by molar-refractivity contribution is -0.125. The lowest BCUT2D eigenvalue weighted by Crippen LogP contribution is -2.28. The maximum Gasteiger partial charge on any atom is 0.223 e. The summed E-state index contributed by atoms with van der Waals surface area (Å²) in [6, 6.07) is 11.5. The molecule has 1 N–H and O–H groups in total. The van der Waals surface area contributed by atoms with Gasteiger partial charge in [0, 0.05) is 17.4 Å². The van der Waals surface area contributed by atoms with Crippen molar-refractivity contribution >= 4 is 16.9 Å². The smallest absolute Gasteiger partial charge is 0.223 e. The number of amides is 1. The Morgan fingerprint density at radius 3 is 2.83 bits per heavy atom. The topological polar surface area (TPSA) is 68.3 Å². The molecule has 4 rings (SSSR count). The summed E-state index contributed by atoms with van der Waals surface area (Å²) in [5, 5.41) is 7.97. The van der Waals surface area contributed by atoms with E-state index >= 15 is 0 Å². The van der Waals surface area contributed by atoms with Gasteiger partial charge in [0.15, 0.2) is 5.76 Å². The van der Waals surface area contributed by atoms with E-state index < -0.39 is 0 Å². The van der Waals surface area contributed by atoms with Crippen LogP contribution in [0.3, 0.4) is 0 Å². The molecule has 0 atom stereocenters. The molecule has 5 heteroatoms. The highest BCUT2D eigenvalue weighted by Gasteiger charge is 2.22. The van der Waals surface area contributed by atoms with Gasteiger partial charge >= 0.3 is 0 Å². The van der Waals surface area contributed by atoms with Crippen LogP contribution < -0.4 is 5.32 Å². The van der Waals surface area contributed by atoms with Gasteiger partial charge in [-0.1, -0.05) is 36.2 Å². The van der Waals surface area contributed by atoms with E-state index in [0.717, 1.165) is 36.7 Å². The van der Waals surface area contributed by atoms with Gasteiger partial charge in [0.05, 0.1) is 6.54 Å². The van der Waals surface area contributed by atoms with Gasteiger partial charge in [0.25, 0.3) is 0 Å². The van der Waals surface area contributed by atoms with Crippen LogP contribution >= 0.6 is 0 Å². The van der Waals surface area contributed by atoms with Gasteiger partial charge in [-0.25, -0.2) is 0 Å². The largest absolute Gasteiger partial charge is 0.453 e. The monoisotopic (exact) mass is 310 g/mol. The third kappa shape index (κ3) is 2.86. The van der Waals surface area contributed by atoms with Crippen LogP contribution in [0.5, 0.6) is 0 Å². The van der Waals surface area contributed by atoms with E-state index in [9.17, 15) is 4.79 Å². The Hall–Kier alpha value is -2.56. The minimum atomic E-state index is 0.121. The highest BCUT2D eigenvalue weighted by molar-refractivity contribution is 5.82. The number of carbonyl (C=O) groups excluding carboxylic acids is 1. The third-order valence-corrected chi connectivity index (χ3v) is 4.40. The first kappa shape index (κ1) is 14.1. The molecule has 0 bridgehead atoms. The van der Waals surface area contributed by atoms with Crippen LogP contribution in [0.25, 0.3) is 22.5 Å². The van der Waals surface area contributed by atoms with Gasteiger partial charge < -0.3 is 14.3 Å². The van der Waals surface area contributed by atoms with E-state index in [1.165, 1.54) is 0 Å². The maximum atomic E-state index is 12.0. The number of aromatic nitrogens is 1. The van der Waals surface area contributed by atoms with E-state index in [2.05, 4.69) is 10.5 Å². The van der Waals surface area contributed by atoms with Gasteiger partial charge in [-0.05, 0) is 25.0 Å². The summed E-state index contributed by atoms with van der Waals surface area (Å²) in [6.07, 6.45) is 4.29. The van der Waals surface area contributed by atoms with Crippen LogP contribution in [-0.2, 0) is 11.3 Å². The normalized spacial score (nSPS) is 15.3. The number of fused-ring (bicyclic) bond motifs is 1. The summed E-state index contributed by atoms with van der Waals surface area (Å²) >= 11 is 0. The van der Waals surface area contributed by atoms with Crippen LogP contribution in [0, 0.1) is 5.92 Å². The van der Waals surface area contributed by atoms with Crippen molar-refractivity contribution in [3.05, 3.63) is 42.1 Å². The van der Waals surface area contributed by atoms with E-state index in [0.29, 0.717) is 23.8 Å². The summed E-state index contributed by atoms with van der Waals surface area (Å²) in [7, 11) is 0. The molecule has 2 aromatic heterocycles. The quantitative estimate of drug-likeness (QED) is 0.793. The molecule has 1 aliphatic carbocycles. The van der Waals surface area contributed by atoms with Crippen LogP contribution in [-0.4, -0.2) is 11.1 Å². The first-order valence-electron chi connectivity index (χ1n) is 8.02. The average Bonchev–Trinajstić information content (AvgIpc) is 3.31. The number of benzene rings is 1. The number of nitrogens with one attached hydrogen (secondary N) is 1. The number of hydrogen-bond donors (Lipinski definition) is 1. The second-order valence-electron chi connectivity index (χ2n) is 6.03. The van der Waals surface area contributed by atoms with Gasteiger partial charge in [0.1, 0.15) is 11.3 Å². The van der Waals surface area contributed by atoms with Crippen LogP contribution in [0.2, 0.25) is 0 Å². The summed E-state index contributed by atoms with van der Waals surface area (Å²) in [4.78, 5) is 12.0. The van der Waals surface area contributed by atoms with E-state index in [-0.39, 0.29) is 11.8 Å². The fourth-order valence-corrected chi connectivity index (χ4v) is 3.12. The predicted molar refractivity (Wildman–Crippen MR) is 85.5 cm³/mol. The first-order valence-corrected chi connectivity index (χ1v) is 8.02. The van der Waals surface area contributed by atoms with Gasteiger partial charge in [0.2, 0.25) is 11.7 Å². The minimum Gasteiger partial charge on any atom is -0.453 e. The van der Waals surface area contributed by atoms with Crippen molar-refractivity contribution in [2.75, 3.05) is 0 Å². The fourth-order valence-electron chi connectivity index (χ4n) is 3.12. The van der Waals surface area contributed by atoms with Crippen molar-refractivity contribution in [2.24, 2.45) is 5.92 Å². The summed E-state index contributed by atoms with van der Waals surface area (Å²) in [5.74, 6) is 1.51. The van der Waals surface area contributed by atoms with E-state index in [1.54, 1.807) is 0 Å². The molecule has 0 spiro atoms. The standard InChI is InChI=1S/C18H18N2O3/c21-18(12-5-1-2-6-12)19-11-14-10-17(23-20-14)16-9-13-7-3-4-8-15(13)22-16/h3-4,7-10,12H,1-2,5-6,11H2,(H,19,21). The molecule has 5 nitrogen and oxygen atoms in total. The number of carbonyl (C=O) groups is 1. The molecule has 0 saturated heterocycles. The molecule has 23 heavy (non-hydrogen) atoms. The molecule has 2 heterocycles. The Kier molecular flexibility index (Phi) is 3.61. The van der Waals surface area contributed by atoms with Crippen LogP contribution in [0.1, 0.15) is 31.4 Å². The highest BCUT2D eigenvalue weighted by Crippen LogP contribution is 2.28. The molecule has 1 amide bonds. The summed E-state index contributed by atoms with van der Waals surface area (Å²) < 4.78 is 11.1. The Bertz CT molecular complexity index is 795. The van der Waals surface area contributed by atoms with Gasteiger partial charge in [-0.15, -0.1) is 0 Å². The summed E-state index contributed by atoms with van der Waals surface area (Å²) in [6.45, 7) is 0.388. The SMILES string of the molecule is O=C(NCc1cc(-c2cc3ccccc3o2)on1)C1CCCC1. The third-order valence-electron chi connectivity index (χ3n) is 4.40. The van der Waals surface area contributed by atoms with Gasteiger partial charge in [-0.3, -0.25) is 4.79 Å². The first-order chi connectivity index (χ1) is 11.3. The Morgan fingerprint density at radius 2 is 2.00 bits per heavy atom. The number of nitrogens with zero attached hydrogens (tertiary/aromatic N) is 1. The van der Waals surface area contributed by atoms with Crippen molar-refractivity contribution in [2.45, 2.75) is 32.2 Å². The second kappa shape index (κ2) is 5.91. The van der Waals surface area contributed by atoms with Crippen LogP contribution in [0.4, 0.5) is 0 Å². The van der Waals surface area contributed by atoms with Crippen LogP contribution in [0.15, 0.2) is 45.3 Å². The van der Waals surface area contributed by atoms with Crippen molar-refractivity contribution in [1.82, 2.24) is 10.5 Å². The van der Waals surface area contributed by atoms with Crippen molar-refractivity contribution in [3.8, 4) is 11.5 Å². The van der Waals surface area contributed by atoms with Crippen molar-refractivity contribution in [1.29, 1.82) is 0 Å². The molecule has 1 saturated carbocycles. The molecule has 118 valence electrons. The molecule has 1 aliphatic rings. The summed E-state index contributed by atoms with van der Waals surface area (Å²) in [5.41, 5.74) is 1.52. The van der Waals surface area contributed by atoms with Gasteiger partial charge in [-0.2, -0.15) is 0 Å². The number of para-hydroxylation sites is 1. The molecular formula is C18H18N2O3. The minimum absolute atomic E-state index is 0.121. The zero-order valence-corrected chi connectivity index (χ0v) is 12.7. The average molecular weight is 310 g/mol. The van der Waals surface area contributed by atoms with E-state index in [4.69, 9.17) is 8.94 Å². The van der Waals surface area contributed by atoms with Crippen molar-refractivity contribution < 1.29 is 13.7 Å². The lowest BCUT2D eigenvalue weighted by Gasteiger charge is -2.08.